The van der Waals surface area contributed by atoms with Crippen LogP contribution < -0.4 is 10.6 Å². The number of rotatable bonds is 5. The van der Waals surface area contributed by atoms with Gasteiger partial charge in [0, 0.05) is 37.3 Å². The van der Waals surface area contributed by atoms with Gasteiger partial charge in [-0.3, -0.25) is 4.90 Å². The number of aliphatic imine (C=N–C) groups is 1. The van der Waals surface area contributed by atoms with E-state index in [0.29, 0.717) is 12.6 Å². The van der Waals surface area contributed by atoms with E-state index in [9.17, 15) is 0 Å². The average molecular weight is 333 g/mol. The third kappa shape index (κ3) is 4.09. The molecule has 2 heterocycles. The maximum atomic E-state index is 5.23. The SMILES string of the molecule is CCNC(=NCc1c(C)noc1C)NC1CCN(C2CCCC2)C1. The van der Waals surface area contributed by atoms with Gasteiger partial charge in [0.05, 0.1) is 12.2 Å². The zero-order chi connectivity index (χ0) is 16.9. The molecule has 0 radical (unpaired) electrons. The standard InChI is InChI=1S/C18H31N5O/c1-4-19-18(20-11-17-13(2)22-24-14(17)3)21-15-9-10-23(12-15)16-7-5-6-8-16/h15-16H,4-12H2,1-3H3,(H2,19,20,21). The molecule has 134 valence electrons. The third-order valence-electron chi connectivity index (χ3n) is 5.32. The Balaban J connectivity index is 1.56. The Labute approximate surface area is 145 Å². The predicted molar refractivity (Wildman–Crippen MR) is 96.2 cm³/mol. The summed E-state index contributed by atoms with van der Waals surface area (Å²) >= 11 is 0. The van der Waals surface area contributed by atoms with Crippen LogP contribution in [0, 0.1) is 13.8 Å². The topological polar surface area (TPSA) is 65.7 Å². The molecule has 2 aliphatic rings. The van der Waals surface area contributed by atoms with E-state index in [4.69, 9.17) is 9.52 Å². The van der Waals surface area contributed by atoms with Crippen LogP contribution in [0.15, 0.2) is 9.52 Å². The van der Waals surface area contributed by atoms with Crippen LogP contribution in [0.2, 0.25) is 0 Å². The Morgan fingerprint density at radius 3 is 2.75 bits per heavy atom. The van der Waals surface area contributed by atoms with Gasteiger partial charge in [0.25, 0.3) is 0 Å². The normalized spacial score (nSPS) is 23.1. The summed E-state index contributed by atoms with van der Waals surface area (Å²) in [5.74, 6) is 1.76. The number of hydrogen-bond acceptors (Lipinski definition) is 4. The van der Waals surface area contributed by atoms with Crippen LogP contribution >= 0.6 is 0 Å². The number of guanidine groups is 1. The summed E-state index contributed by atoms with van der Waals surface area (Å²) in [7, 11) is 0. The molecular formula is C18H31N5O. The Morgan fingerprint density at radius 1 is 1.29 bits per heavy atom. The first-order valence-corrected chi connectivity index (χ1v) is 9.38. The lowest BCUT2D eigenvalue weighted by Crippen LogP contribution is -2.45. The van der Waals surface area contributed by atoms with Crippen molar-refractivity contribution < 1.29 is 4.52 Å². The molecule has 0 aromatic carbocycles. The summed E-state index contributed by atoms with van der Waals surface area (Å²) in [6, 6.07) is 1.31. The Bertz CT molecular complexity index is 542. The lowest BCUT2D eigenvalue weighted by atomic mass is 10.2. The van der Waals surface area contributed by atoms with Crippen molar-refractivity contribution in [2.75, 3.05) is 19.6 Å². The third-order valence-corrected chi connectivity index (χ3v) is 5.32. The van der Waals surface area contributed by atoms with Gasteiger partial charge in [-0.2, -0.15) is 0 Å². The fraction of sp³-hybridized carbons (Fsp3) is 0.778. The highest BCUT2D eigenvalue weighted by molar-refractivity contribution is 5.80. The molecule has 1 unspecified atom stereocenters. The Kier molecular flexibility index (Phi) is 5.76. The smallest absolute Gasteiger partial charge is 0.191 e. The molecule has 0 amide bonds. The van der Waals surface area contributed by atoms with Crippen LogP contribution in [0.25, 0.3) is 0 Å². The summed E-state index contributed by atoms with van der Waals surface area (Å²) < 4.78 is 5.23. The van der Waals surface area contributed by atoms with Crippen molar-refractivity contribution in [1.82, 2.24) is 20.7 Å². The molecule has 2 N–H and O–H groups in total. The van der Waals surface area contributed by atoms with Crippen molar-refractivity contribution in [1.29, 1.82) is 0 Å². The predicted octanol–water partition coefficient (Wildman–Crippen LogP) is 2.36. The highest BCUT2D eigenvalue weighted by Crippen LogP contribution is 2.26. The molecule has 6 heteroatoms. The lowest BCUT2D eigenvalue weighted by Gasteiger charge is -2.24. The van der Waals surface area contributed by atoms with E-state index >= 15 is 0 Å². The molecule has 1 saturated heterocycles. The minimum absolute atomic E-state index is 0.494. The monoisotopic (exact) mass is 333 g/mol. The summed E-state index contributed by atoms with van der Waals surface area (Å²) in [6.45, 7) is 9.85. The van der Waals surface area contributed by atoms with Gasteiger partial charge in [-0.1, -0.05) is 18.0 Å². The van der Waals surface area contributed by atoms with Gasteiger partial charge in [-0.15, -0.1) is 0 Å². The van der Waals surface area contributed by atoms with Crippen molar-refractivity contribution in [3.63, 3.8) is 0 Å². The van der Waals surface area contributed by atoms with Gasteiger partial charge < -0.3 is 15.2 Å². The highest BCUT2D eigenvalue weighted by Gasteiger charge is 2.30. The average Bonchev–Trinajstić information content (AvgIpc) is 3.28. The first-order chi connectivity index (χ1) is 11.7. The minimum Gasteiger partial charge on any atom is -0.361 e. The fourth-order valence-corrected chi connectivity index (χ4v) is 3.91. The molecule has 0 bridgehead atoms. The maximum absolute atomic E-state index is 5.23. The fourth-order valence-electron chi connectivity index (χ4n) is 3.91. The molecule has 1 aromatic heterocycles. The van der Waals surface area contributed by atoms with Gasteiger partial charge in [0.2, 0.25) is 0 Å². The number of aromatic nitrogens is 1. The first-order valence-electron chi connectivity index (χ1n) is 9.38. The molecule has 2 fully saturated rings. The van der Waals surface area contributed by atoms with Crippen molar-refractivity contribution >= 4 is 5.96 Å². The number of hydrogen-bond donors (Lipinski definition) is 2. The largest absolute Gasteiger partial charge is 0.361 e. The summed E-state index contributed by atoms with van der Waals surface area (Å²) in [6.07, 6.45) is 6.77. The molecule has 1 atom stereocenters. The summed E-state index contributed by atoms with van der Waals surface area (Å²) in [5, 5.41) is 11.0. The number of nitrogens with zero attached hydrogens (tertiary/aromatic N) is 3. The maximum Gasteiger partial charge on any atom is 0.191 e. The molecule has 3 rings (SSSR count). The van der Waals surface area contributed by atoms with Gasteiger partial charge in [0.15, 0.2) is 5.96 Å². The lowest BCUT2D eigenvalue weighted by molar-refractivity contribution is 0.242. The number of aryl methyl sites for hydroxylation is 2. The molecule has 1 aromatic rings. The van der Waals surface area contributed by atoms with Crippen LogP contribution in [0.1, 0.15) is 56.0 Å². The Hall–Kier alpha value is -1.56. The van der Waals surface area contributed by atoms with Gasteiger partial charge in [-0.25, -0.2) is 4.99 Å². The quantitative estimate of drug-likeness (QED) is 0.640. The summed E-state index contributed by atoms with van der Waals surface area (Å²) in [5.41, 5.74) is 2.02. The molecule has 1 aliphatic heterocycles. The van der Waals surface area contributed by atoms with Crippen LogP contribution in [0.4, 0.5) is 0 Å². The molecule has 6 nitrogen and oxygen atoms in total. The van der Waals surface area contributed by atoms with Gasteiger partial charge in [-0.05, 0) is 40.0 Å². The van der Waals surface area contributed by atoms with Crippen molar-refractivity contribution in [2.45, 2.75) is 71.5 Å². The van der Waals surface area contributed by atoms with Gasteiger partial charge >= 0.3 is 0 Å². The van der Waals surface area contributed by atoms with E-state index in [2.05, 4.69) is 27.6 Å². The second-order valence-electron chi connectivity index (χ2n) is 7.06. The highest BCUT2D eigenvalue weighted by atomic mass is 16.5. The van der Waals surface area contributed by atoms with Crippen molar-refractivity contribution in [2.24, 2.45) is 4.99 Å². The van der Waals surface area contributed by atoms with E-state index in [1.807, 2.05) is 13.8 Å². The molecule has 0 spiro atoms. The van der Waals surface area contributed by atoms with E-state index in [1.54, 1.807) is 0 Å². The first kappa shape index (κ1) is 17.3. The van der Waals surface area contributed by atoms with E-state index in [0.717, 1.165) is 42.1 Å². The minimum atomic E-state index is 0.494. The molecule has 24 heavy (non-hydrogen) atoms. The van der Waals surface area contributed by atoms with Crippen LogP contribution in [0.3, 0.4) is 0 Å². The van der Waals surface area contributed by atoms with Crippen LogP contribution in [-0.2, 0) is 6.54 Å². The van der Waals surface area contributed by atoms with Crippen LogP contribution in [0.5, 0.6) is 0 Å². The molecule has 1 aliphatic carbocycles. The van der Waals surface area contributed by atoms with Crippen molar-refractivity contribution in [3.8, 4) is 0 Å². The zero-order valence-electron chi connectivity index (χ0n) is 15.3. The second-order valence-corrected chi connectivity index (χ2v) is 7.06. The van der Waals surface area contributed by atoms with E-state index < -0.39 is 0 Å². The zero-order valence-corrected chi connectivity index (χ0v) is 15.3. The van der Waals surface area contributed by atoms with Gasteiger partial charge in [0.1, 0.15) is 5.76 Å². The van der Waals surface area contributed by atoms with E-state index in [1.165, 1.54) is 38.6 Å². The number of likely N-dealkylation sites (tertiary alicyclic amines) is 1. The summed E-state index contributed by atoms with van der Waals surface area (Å²) in [4.78, 5) is 7.41. The molecule has 1 saturated carbocycles. The van der Waals surface area contributed by atoms with Crippen molar-refractivity contribution in [3.05, 3.63) is 17.0 Å². The second kappa shape index (κ2) is 8.01. The van der Waals surface area contributed by atoms with Crippen LogP contribution in [-0.4, -0.2) is 47.7 Å². The Morgan fingerprint density at radius 2 is 2.08 bits per heavy atom. The molecular weight excluding hydrogens is 302 g/mol. The van der Waals surface area contributed by atoms with E-state index in [-0.39, 0.29) is 0 Å². The number of nitrogens with one attached hydrogen (secondary N) is 2.